The Morgan fingerprint density at radius 2 is 2.36 bits per heavy atom. The Hall–Kier alpha value is -1.55. The second-order valence-corrected chi connectivity index (χ2v) is 2.94. The highest BCUT2D eigenvalue weighted by Gasteiger charge is 2.21. The van der Waals surface area contributed by atoms with Crippen molar-refractivity contribution in [2.24, 2.45) is 0 Å². The first-order valence-electron chi connectivity index (χ1n) is 4.35. The van der Waals surface area contributed by atoms with E-state index < -0.39 is 0 Å². The average Bonchev–Trinajstić information content (AvgIpc) is 2.57. The van der Waals surface area contributed by atoms with Crippen LogP contribution in [-0.4, -0.2) is 30.7 Å². The van der Waals surface area contributed by atoms with Gasteiger partial charge in [0, 0.05) is 0 Å². The van der Waals surface area contributed by atoms with Crippen LogP contribution in [0.15, 0.2) is 18.2 Å². The van der Waals surface area contributed by atoms with Gasteiger partial charge >= 0.3 is 0 Å². The van der Waals surface area contributed by atoms with Gasteiger partial charge in [0.05, 0.1) is 12.2 Å². The van der Waals surface area contributed by atoms with Crippen molar-refractivity contribution in [3.8, 4) is 11.5 Å². The standard InChI is InChI=1S/C10H10O4/c11-3-4-13-7-1-2-10-8(5-7)9(12)6-14-10/h1-2,5,11H,3-4,6H2. The van der Waals surface area contributed by atoms with Gasteiger partial charge in [-0.2, -0.15) is 0 Å². The second kappa shape index (κ2) is 3.67. The molecular weight excluding hydrogens is 184 g/mol. The van der Waals surface area contributed by atoms with Gasteiger partial charge in [0.1, 0.15) is 18.1 Å². The maximum Gasteiger partial charge on any atom is 0.204 e. The lowest BCUT2D eigenvalue weighted by Gasteiger charge is -2.04. The first-order chi connectivity index (χ1) is 6.81. The number of ketones is 1. The van der Waals surface area contributed by atoms with Crippen molar-refractivity contribution in [1.82, 2.24) is 0 Å². The molecule has 1 aromatic carbocycles. The Morgan fingerprint density at radius 1 is 1.50 bits per heavy atom. The molecule has 74 valence electrons. The zero-order valence-electron chi connectivity index (χ0n) is 7.53. The van der Waals surface area contributed by atoms with Crippen LogP contribution < -0.4 is 9.47 Å². The minimum Gasteiger partial charge on any atom is -0.491 e. The molecule has 0 unspecified atom stereocenters. The Kier molecular flexibility index (Phi) is 2.37. The summed E-state index contributed by atoms with van der Waals surface area (Å²) in [6.45, 7) is 0.300. The van der Waals surface area contributed by atoms with Crippen LogP contribution in [0.2, 0.25) is 0 Å². The number of ether oxygens (including phenoxy) is 2. The molecule has 0 atom stereocenters. The average molecular weight is 194 g/mol. The quantitative estimate of drug-likeness (QED) is 0.766. The van der Waals surface area contributed by atoms with E-state index in [4.69, 9.17) is 14.6 Å². The highest BCUT2D eigenvalue weighted by atomic mass is 16.5. The molecule has 1 aromatic rings. The van der Waals surface area contributed by atoms with Crippen LogP contribution in [-0.2, 0) is 0 Å². The van der Waals surface area contributed by atoms with Crippen molar-refractivity contribution in [3.63, 3.8) is 0 Å². The monoisotopic (exact) mass is 194 g/mol. The van der Waals surface area contributed by atoms with Crippen LogP contribution in [0, 0.1) is 0 Å². The van der Waals surface area contributed by atoms with Gasteiger partial charge < -0.3 is 14.6 Å². The van der Waals surface area contributed by atoms with Gasteiger partial charge in [-0.25, -0.2) is 0 Å². The van der Waals surface area contributed by atoms with Crippen LogP contribution in [0.3, 0.4) is 0 Å². The summed E-state index contributed by atoms with van der Waals surface area (Å²) >= 11 is 0. The van der Waals surface area contributed by atoms with Gasteiger partial charge in [0.15, 0.2) is 6.61 Å². The number of fused-ring (bicyclic) bond motifs is 1. The SMILES string of the molecule is O=C1COc2ccc(OCCO)cc21. The first-order valence-corrected chi connectivity index (χ1v) is 4.35. The smallest absolute Gasteiger partial charge is 0.204 e. The van der Waals surface area contributed by atoms with Crippen LogP contribution in [0.1, 0.15) is 10.4 Å². The van der Waals surface area contributed by atoms with Crippen molar-refractivity contribution in [2.45, 2.75) is 0 Å². The molecule has 0 amide bonds. The molecule has 0 aromatic heterocycles. The summed E-state index contributed by atoms with van der Waals surface area (Å²) in [5.74, 6) is 1.15. The number of carbonyl (C=O) groups excluding carboxylic acids is 1. The van der Waals surface area contributed by atoms with Gasteiger partial charge in [-0.1, -0.05) is 0 Å². The molecule has 1 aliphatic heterocycles. The number of Topliss-reactive ketones (excluding diaryl/α,β-unsaturated/α-hetero) is 1. The van der Waals surface area contributed by atoms with E-state index in [0.29, 0.717) is 17.1 Å². The zero-order chi connectivity index (χ0) is 9.97. The molecule has 1 aliphatic rings. The lowest BCUT2D eigenvalue weighted by molar-refractivity contribution is 0.0961. The second-order valence-electron chi connectivity index (χ2n) is 2.94. The minimum atomic E-state index is -0.0401. The third kappa shape index (κ3) is 1.56. The first kappa shape index (κ1) is 9.02. The molecule has 0 aliphatic carbocycles. The van der Waals surface area contributed by atoms with Gasteiger partial charge in [-0.05, 0) is 18.2 Å². The molecule has 0 fully saturated rings. The molecular formula is C10H10O4. The van der Waals surface area contributed by atoms with Crippen LogP contribution >= 0.6 is 0 Å². The van der Waals surface area contributed by atoms with Crippen molar-refractivity contribution in [3.05, 3.63) is 23.8 Å². The fourth-order valence-corrected chi connectivity index (χ4v) is 1.33. The summed E-state index contributed by atoms with van der Waals surface area (Å²) in [6.07, 6.45) is 0. The third-order valence-electron chi connectivity index (χ3n) is 1.97. The Morgan fingerprint density at radius 3 is 3.14 bits per heavy atom. The molecule has 0 bridgehead atoms. The van der Waals surface area contributed by atoms with E-state index in [1.807, 2.05) is 0 Å². The number of aliphatic hydroxyl groups is 1. The number of aliphatic hydroxyl groups excluding tert-OH is 1. The Balaban J connectivity index is 2.21. The lowest BCUT2D eigenvalue weighted by atomic mass is 10.1. The summed E-state index contributed by atoms with van der Waals surface area (Å²) in [6, 6.07) is 5.06. The summed E-state index contributed by atoms with van der Waals surface area (Å²) in [4.78, 5) is 11.3. The molecule has 0 radical (unpaired) electrons. The molecule has 4 nitrogen and oxygen atoms in total. The van der Waals surface area contributed by atoms with Gasteiger partial charge in [0.25, 0.3) is 0 Å². The van der Waals surface area contributed by atoms with E-state index in [2.05, 4.69) is 0 Å². The summed E-state index contributed by atoms with van der Waals surface area (Å²) in [7, 11) is 0. The summed E-state index contributed by atoms with van der Waals surface area (Å²) in [5.41, 5.74) is 0.556. The maximum absolute atomic E-state index is 11.3. The predicted molar refractivity (Wildman–Crippen MR) is 48.8 cm³/mol. The Labute approximate surface area is 81.1 Å². The van der Waals surface area contributed by atoms with Crippen molar-refractivity contribution in [2.75, 3.05) is 19.8 Å². The fraction of sp³-hybridized carbons (Fsp3) is 0.300. The lowest BCUT2D eigenvalue weighted by Crippen LogP contribution is -2.02. The highest BCUT2D eigenvalue weighted by molar-refractivity contribution is 6.02. The third-order valence-corrected chi connectivity index (χ3v) is 1.97. The molecule has 1 N–H and O–H groups in total. The number of hydrogen-bond donors (Lipinski definition) is 1. The van der Waals surface area contributed by atoms with E-state index in [1.165, 1.54) is 0 Å². The Bertz CT molecular complexity index is 359. The molecule has 2 rings (SSSR count). The molecule has 4 heteroatoms. The number of carbonyl (C=O) groups is 1. The maximum atomic E-state index is 11.3. The zero-order valence-corrected chi connectivity index (χ0v) is 7.53. The largest absolute Gasteiger partial charge is 0.491 e. The van der Waals surface area contributed by atoms with E-state index in [1.54, 1.807) is 18.2 Å². The molecule has 0 saturated heterocycles. The topological polar surface area (TPSA) is 55.8 Å². The predicted octanol–water partition coefficient (Wildman–Crippen LogP) is 0.633. The summed E-state index contributed by atoms with van der Waals surface area (Å²) < 4.78 is 10.3. The van der Waals surface area contributed by atoms with Crippen LogP contribution in [0.4, 0.5) is 0 Å². The molecule has 1 heterocycles. The van der Waals surface area contributed by atoms with Gasteiger partial charge in [-0.3, -0.25) is 4.79 Å². The van der Waals surface area contributed by atoms with E-state index in [0.717, 1.165) is 0 Å². The van der Waals surface area contributed by atoms with Gasteiger partial charge in [-0.15, -0.1) is 0 Å². The number of rotatable bonds is 3. The van der Waals surface area contributed by atoms with Crippen LogP contribution in [0.25, 0.3) is 0 Å². The van der Waals surface area contributed by atoms with E-state index in [-0.39, 0.29) is 25.6 Å². The molecule has 0 spiro atoms. The number of hydrogen-bond acceptors (Lipinski definition) is 4. The van der Waals surface area contributed by atoms with Crippen LogP contribution in [0.5, 0.6) is 11.5 Å². The fourth-order valence-electron chi connectivity index (χ4n) is 1.33. The summed E-state index contributed by atoms with van der Waals surface area (Å²) in [5, 5.41) is 8.56. The van der Waals surface area contributed by atoms with Crippen molar-refractivity contribution in [1.29, 1.82) is 0 Å². The van der Waals surface area contributed by atoms with Crippen molar-refractivity contribution < 1.29 is 19.4 Å². The van der Waals surface area contributed by atoms with E-state index >= 15 is 0 Å². The van der Waals surface area contributed by atoms with E-state index in [9.17, 15) is 4.79 Å². The molecule has 0 saturated carbocycles. The van der Waals surface area contributed by atoms with Gasteiger partial charge in [0.2, 0.25) is 5.78 Å². The normalized spacial score (nSPS) is 13.6. The van der Waals surface area contributed by atoms with Crippen molar-refractivity contribution >= 4 is 5.78 Å². The minimum absolute atomic E-state index is 0.0329. The number of benzene rings is 1. The highest BCUT2D eigenvalue weighted by Crippen LogP contribution is 2.28. The molecule has 14 heavy (non-hydrogen) atoms.